The molecule has 0 aromatic heterocycles. The number of rotatable bonds is 38. The molecule has 0 saturated carbocycles. The molecule has 0 bridgehead atoms. The molecule has 0 radical (unpaired) electrons. The summed E-state index contributed by atoms with van der Waals surface area (Å²) in [7, 11) is 0. The van der Waals surface area contributed by atoms with Crippen LogP contribution in [-0.4, -0.2) is 47.3 Å². The van der Waals surface area contributed by atoms with Gasteiger partial charge in [0.15, 0.2) is 0 Å². The van der Waals surface area contributed by atoms with E-state index >= 15 is 0 Å². The third-order valence-electron chi connectivity index (χ3n) is 10.1. The SMILES string of the molecule is CCCCCCCCC(CCCCCCCC)(CCCC(=O)O)C(=O)O.CCCCCCCCOC(=O)CCCCC(=O)OCCCCCCCC. The van der Waals surface area contributed by atoms with Crippen molar-refractivity contribution in [1.82, 2.24) is 0 Å². The van der Waals surface area contributed by atoms with Gasteiger partial charge in [-0.1, -0.05) is 169 Å². The van der Waals surface area contributed by atoms with Crippen molar-refractivity contribution in [1.29, 1.82) is 0 Å². The van der Waals surface area contributed by atoms with Crippen LogP contribution in [0.4, 0.5) is 0 Å². The van der Waals surface area contributed by atoms with E-state index in [2.05, 4.69) is 27.7 Å². The Labute approximate surface area is 320 Å². The van der Waals surface area contributed by atoms with E-state index in [1.54, 1.807) is 0 Å². The Bertz CT molecular complexity index is 779. The van der Waals surface area contributed by atoms with E-state index in [-0.39, 0.29) is 18.4 Å². The number of carbonyl (C=O) groups is 4. The Morgan fingerprint density at radius 3 is 1.02 bits per heavy atom. The first-order valence-electron chi connectivity index (χ1n) is 21.9. The highest BCUT2D eigenvalue weighted by molar-refractivity contribution is 5.74. The lowest BCUT2D eigenvalue weighted by Crippen LogP contribution is -2.31. The number of unbranched alkanes of at least 4 members (excludes halogenated alkanes) is 21. The predicted molar refractivity (Wildman–Crippen MR) is 215 cm³/mol. The van der Waals surface area contributed by atoms with Crippen molar-refractivity contribution in [2.75, 3.05) is 13.2 Å². The minimum absolute atomic E-state index is 0.0715. The van der Waals surface area contributed by atoms with Crippen molar-refractivity contribution in [3.63, 3.8) is 0 Å². The van der Waals surface area contributed by atoms with Gasteiger partial charge in [0.2, 0.25) is 0 Å². The van der Waals surface area contributed by atoms with Crippen LogP contribution in [0.2, 0.25) is 0 Å². The second-order valence-corrected chi connectivity index (χ2v) is 15.1. The highest BCUT2D eigenvalue weighted by atomic mass is 16.5. The lowest BCUT2D eigenvalue weighted by Gasteiger charge is -2.30. The van der Waals surface area contributed by atoms with Crippen LogP contribution in [0.25, 0.3) is 0 Å². The average Bonchev–Trinajstić information content (AvgIpc) is 3.12. The topological polar surface area (TPSA) is 127 Å². The molecule has 0 atom stereocenters. The molecule has 0 aliphatic heterocycles. The van der Waals surface area contributed by atoms with Crippen LogP contribution in [0.15, 0.2) is 0 Å². The predicted octanol–water partition coefficient (Wildman–Crippen LogP) is 13.2. The van der Waals surface area contributed by atoms with E-state index in [1.165, 1.54) is 103 Å². The van der Waals surface area contributed by atoms with Crippen LogP contribution in [-0.2, 0) is 28.7 Å². The van der Waals surface area contributed by atoms with E-state index in [4.69, 9.17) is 14.6 Å². The van der Waals surface area contributed by atoms with Gasteiger partial charge in [0.05, 0.1) is 18.6 Å². The molecule has 0 heterocycles. The van der Waals surface area contributed by atoms with Crippen LogP contribution in [0.3, 0.4) is 0 Å². The molecule has 0 aliphatic carbocycles. The quantitative estimate of drug-likeness (QED) is 0.0473. The van der Waals surface area contributed by atoms with E-state index in [9.17, 15) is 24.3 Å². The molecule has 0 aromatic rings. The summed E-state index contributed by atoms with van der Waals surface area (Å²) < 4.78 is 10.4. The number of esters is 2. The lowest BCUT2D eigenvalue weighted by molar-refractivity contribution is -0.151. The molecular weight excluding hydrogens is 656 g/mol. The van der Waals surface area contributed by atoms with Gasteiger partial charge < -0.3 is 19.7 Å². The molecule has 0 amide bonds. The number of carboxylic acids is 2. The van der Waals surface area contributed by atoms with Crippen molar-refractivity contribution < 1.29 is 38.9 Å². The standard InChI is InChI=1S/2C22H42O4/c1-3-5-7-9-11-15-19-25-21(23)17-13-14-18-22(24)26-20-16-12-10-8-6-4-2;1-3-5-7-9-11-13-17-22(21(25)26,19-15-16-20(23)24)18-14-12-10-8-6-4-2/h3-20H2,1-2H3;3-19H2,1-2H3,(H,23,24)(H,25,26). The van der Waals surface area contributed by atoms with E-state index in [0.717, 1.165) is 51.4 Å². The third-order valence-corrected chi connectivity index (χ3v) is 10.1. The van der Waals surface area contributed by atoms with E-state index in [0.29, 0.717) is 64.6 Å². The fraction of sp³-hybridized carbons (Fsp3) is 0.909. The van der Waals surface area contributed by atoms with Gasteiger partial charge in [-0.25, -0.2) is 0 Å². The lowest BCUT2D eigenvalue weighted by atomic mass is 9.74. The first-order chi connectivity index (χ1) is 25.2. The maximum atomic E-state index is 12.1. The van der Waals surface area contributed by atoms with Crippen molar-refractivity contribution in [3.8, 4) is 0 Å². The minimum Gasteiger partial charge on any atom is -0.481 e. The summed E-state index contributed by atoms with van der Waals surface area (Å²) in [6.07, 6.45) is 32.7. The van der Waals surface area contributed by atoms with Gasteiger partial charge in [-0.15, -0.1) is 0 Å². The number of hydrogen-bond donors (Lipinski definition) is 2. The van der Waals surface area contributed by atoms with Gasteiger partial charge >= 0.3 is 23.9 Å². The monoisotopic (exact) mass is 741 g/mol. The number of ether oxygens (including phenoxy) is 2. The van der Waals surface area contributed by atoms with Crippen molar-refractivity contribution in [3.05, 3.63) is 0 Å². The number of carboxylic acid groups (broad SMARTS) is 2. The molecular formula is C44H84O8. The second-order valence-electron chi connectivity index (χ2n) is 15.1. The van der Waals surface area contributed by atoms with Crippen molar-refractivity contribution >= 4 is 23.9 Å². The molecule has 0 aliphatic rings. The zero-order valence-corrected chi connectivity index (χ0v) is 34.6. The molecule has 308 valence electrons. The maximum absolute atomic E-state index is 12.1. The Morgan fingerprint density at radius 1 is 0.385 bits per heavy atom. The van der Waals surface area contributed by atoms with Gasteiger partial charge in [0, 0.05) is 19.3 Å². The van der Waals surface area contributed by atoms with Gasteiger partial charge in [0.25, 0.3) is 0 Å². The molecule has 8 nitrogen and oxygen atoms in total. The summed E-state index contributed by atoms with van der Waals surface area (Å²) in [5.41, 5.74) is -0.717. The van der Waals surface area contributed by atoms with Gasteiger partial charge in [-0.05, 0) is 51.4 Å². The molecule has 0 spiro atoms. The molecule has 0 saturated heterocycles. The molecule has 0 rings (SSSR count). The number of aliphatic carboxylic acids is 2. The largest absolute Gasteiger partial charge is 0.481 e. The Morgan fingerprint density at radius 2 is 0.692 bits per heavy atom. The normalized spacial score (nSPS) is 11.2. The van der Waals surface area contributed by atoms with Gasteiger partial charge in [-0.3, -0.25) is 19.2 Å². The second kappa shape index (κ2) is 40.1. The Balaban J connectivity index is 0. The number of hydrogen-bond acceptors (Lipinski definition) is 6. The third kappa shape index (κ3) is 36.2. The maximum Gasteiger partial charge on any atom is 0.309 e. The summed E-state index contributed by atoms with van der Waals surface area (Å²) in [5.74, 6) is -1.83. The highest BCUT2D eigenvalue weighted by Crippen LogP contribution is 2.37. The number of carbonyl (C=O) groups excluding carboxylic acids is 2. The summed E-state index contributed by atoms with van der Waals surface area (Å²) in [6, 6.07) is 0. The van der Waals surface area contributed by atoms with Crippen LogP contribution < -0.4 is 0 Å². The first kappa shape index (κ1) is 52.0. The molecule has 8 heteroatoms. The Kier molecular flexibility index (Phi) is 40.1. The van der Waals surface area contributed by atoms with Crippen LogP contribution in [0.1, 0.15) is 240 Å². The first-order valence-corrected chi connectivity index (χ1v) is 21.9. The van der Waals surface area contributed by atoms with Gasteiger partial charge in [-0.2, -0.15) is 0 Å². The van der Waals surface area contributed by atoms with Crippen LogP contribution >= 0.6 is 0 Å². The fourth-order valence-corrected chi connectivity index (χ4v) is 6.58. The fourth-order valence-electron chi connectivity index (χ4n) is 6.58. The molecule has 52 heavy (non-hydrogen) atoms. The Hall–Kier alpha value is -2.12. The summed E-state index contributed by atoms with van der Waals surface area (Å²) in [6.45, 7) is 9.86. The average molecular weight is 741 g/mol. The summed E-state index contributed by atoms with van der Waals surface area (Å²) in [4.78, 5) is 46.1. The zero-order valence-electron chi connectivity index (χ0n) is 34.6. The van der Waals surface area contributed by atoms with E-state index in [1.807, 2.05) is 0 Å². The van der Waals surface area contributed by atoms with Crippen LogP contribution in [0, 0.1) is 5.41 Å². The summed E-state index contributed by atoms with van der Waals surface area (Å²) in [5, 5.41) is 18.8. The van der Waals surface area contributed by atoms with Crippen molar-refractivity contribution in [2.45, 2.75) is 240 Å². The molecule has 0 unspecified atom stereocenters. The van der Waals surface area contributed by atoms with Gasteiger partial charge in [0.1, 0.15) is 0 Å². The van der Waals surface area contributed by atoms with Crippen molar-refractivity contribution in [2.24, 2.45) is 5.41 Å². The summed E-state index contributed by atoms with van der Waals surface area (Å²) >= 11 is 0. The molecule has 0 aromatic carbocycles. The highest BCUT2D eigenvalue weighted by Gasteiger charge is 2.36. The smallest absolute Gasteiger partial charge is 0.309 e. The molecule has 2 N–H and O–H groups in total. The molecule has 0 fully saturated rings. The zero-order chi connectivity index (χ0) is 39.0. The minimum atomic E-state index is -0.830. The van der Waals surface area contributed by atoms with E-state index < -0.39 is 17.4 Å². The van der Waals surface area contributed by atoms with Crippen LogP contribution in [0.5, 0.6) is 0 Å².